The van der Waals surface area contributed by atoms with E-state index < -0.39 is 28.1 Å². The fraction of sp³-hybridized carbons (Fsp3) is 0.174. The van der Waals surface area contributed by atoms with Crippen LogP contribution >= 0.6 is 0 Å². The molecule has 0 spiro atoms. The van der Waals surface area contributed by atoms with Crippen LogP contribution in [0.4, 0.5) is 0 Å². The van der Waals surface area contributed by atoms with E-state index in [4.69, 9.17) is 14.2 Å². The van der Waals surface area contributed by atoms with Crippen molar-refractivity contribution in [2.75, 3.05) is 14.2 Å². The van der Waals surface area contributed by atoms with Gasteiger partial charge in [-0.25, -0.2) is 12.7 Å². The molecule has 1 heterocycles. The smallest absolute Gasteiger partial charge is 0.280 e. The lowest BCUT2D eigenvalue weighted by atomic mass is 9.92. The van der Waals surface area contributed by atoms with Gasteiger partial charge < -0.3 is 14.2 Å². The van der Waals surface area contributed by atoms with Crippen molar-refractivity contribution in [1.29, 1.82) is 0 Å². The van der Waals surface area contributed by atoms with Crippen molar-refractivity contribution in [2.45, 2.75) is 17.0 Å². The number of β-lactam (4-membered cyclic amide) rings is 1. The largest absolute Gasteiger partial charge is 0.493 e. The highest BCUT2D eigenvalue weighted by Crippen LogP contribution is 2.47. The molecular formula is C23H21NO6S. The molecule has 8 heteroatoms. The second-order valence-corrected chi connectivity index (χ2v) is 8.65. The summed E-state index contributed by atoms with van der Waals surface area (Å²) in [5.41, 5.74) is 0.474. The molecule has 3 aromatic rings. The first-order valence-electron chi connectivity index (χ1n) is 9.55. The molecular weight excluding hydrogens is 418 g/mol. The van der Waals surface area contributed by atoms with Gasteiger partial charge in [-0.1, -0.05) is 48.5 Å². The first kappa shape index (κ1) is 20.7. The molecule has 31 heavy (non-hydrogen) atoms. The van der Waals surface area contributed by atoms with E-state index in [-0.39, 0.29) is 4.90 Å². The molecule has 2 atom stereocenters. The number of carbonyl (C=O) groups excluding carboxylic acids is 1. The van der Waals surface area contributed by atoms with Gasteiger partial charge in [0.1, 0.15) is 11.8 Å². The van der Waals surface area contributed by atoms with Crippen molar-refractivity contribution in [3.8, 4) is 17.2 Å². The van der Waals surface area contributed by atoms with Crippen LogP contribution in [-0.2, 0) is 14.8 Å². The molecule has 0 N–H and O–H groups in total. The number of ether oxygens (including phenoxy) is 3. The zero-order chi connectivity index (χ0) is 22.0. The van der Waals surface area contributed by atoms with Crippen molar-refractivity contribution in [2.24, 2.45) is 0 Å². The van der Waals surface area contributed by atoms with Crippen LogP contribution in [0.1, 0.15) is 11.6 Å². The Balaban J connectivity index is 1.82. The second kappa shape index (κ2) is 8.31. The Kier molecular flexibility index (Phi) is 5.56. The number of hydrogen-bond donors (Lipinski definition) is 0. The summed E-state index contributed by atoms with van der Waals surface area (Å²) in [7, 11) is -1.16. The van der Waals surface area contributed by atoms with E-state index in [9.17, 15) is 13.2 Å². The van der Waals surface area contributed by atoms with Gasteiger partial charge in [-0.3, -0.25) is 4.79 Å². The fourth-order valence-corrected chi connectivity index (χ4v) is 5.20. The molecule has 4 rings (SSSR count). The van der Waals surface area contributed by atoms with Crippen LogP contribution in [0.3, 0.4) is 0 Å². The standard InChI is InChI=1S/C23H21NO6S/c1-28-19-15-9-14-18(21(19)29-2)20-22(30-16-10-5-3-6-11-16)23(25)24(20)31(26,27)17-12-7-4-8-13-17/h3-15,20,22H,1-2H3. The summed E-state index contributed by atoms with van der Waals surface area (Å²) in [5.74, 6) is 0.583. The minimum atomic E-state index is -4.11. The Labute approximate surface area is 180 Å². The molecule has 1 amide bonds. The van der Waals surface area contributed by atoms with E-state index in [2.05, 4.69) is 0 Å². The maximum absolute atomic E-state index is 13.3. The van der Waals surface area contributed by atoms with Gasteiger partial charge in [0.25, 0.3) is 15.9 Å². The van der Waals surface area contributed by atoms with E-state index >= 15 is 0 Å². The minimum absolute atomic E-state index is 0.0216. The zero-order valence-corrected chi connectivity index (χ0v) is 17.8. The van der Waals surface area contributed by atoms with Crippen molar-refractivity contribution >= 4 is 15.9 Å². The van der Waals surface area contributed by atoms with Crippen LogP contribution in [0.2, 0.25) is 0 Å². The summed E-state index contributed by atoms with van der Waals surface area (Å²) < 4.78 is 44.3. The lowest BCUT2D eigenvalue weighted by Gasteiger charge is -2.45. The number of carbonyl (C=O) groups is 1. The van der Waals surface area contributed by atoms with Crippen LogP contribution in [0.15, 0.2) is 83.8 Å². The Hall–Kier alpha value is -3.52. The number of amides is 1. The Morgan fingerprint density at radius 1 is 0.806 bits per heavy atom. The molecule has 7 nitrogen and oxygen atoms in total. The van der Waals surface area contributed by atoms with E-state index in [0.29, 0.717) is 22.8 Å². The summed E-state index contributed by atoms with van der Waals surface area (Å²) >= 11 is 0. The molecule has 0 bridgehead atoms. The number of para-hydroxylation sites is 2. The molecule has 160 valence electrons. The predicted molar refractivity (Wildman–Crippen MR) is 114 cm³/mol. The van der Waals surface area contributed by atoms with Gasteiger partial charge in [0, 0.05) is 5.56 Å². The van der Waals surface area contributed by atoms with Crippen LogP contribution in [-0.4, -0.2) is 39.0 Å². The van der Waals surface area contributed by atoms with Crippen molar-refractivity contribution < 1.29 is 27.4 Å². The fourth-order valence-electron chi connectivity index (χ4n) is 3.61. The number of methoxy groups -OCH3 is 2. The van der Waals surface area contributed by atoms with E-state index in [0.717, 1.165) is 4.31 Å². The van der Waals surface area contributed by atoms with Gasteiger partial charge >= 0.3 is 0 Å². The predicted octanol–water partition coefficient (Wildman–Crippen LogP) is 3.42. The molecule has 2 unspecified atom stereocenters. The number of hydrogen-bond acceptors (Lipinski definition) is 6. The van der Waals surface area contributed by atoms with Crippen LogP contribution < -0.4 is 14.2 Å². The summed E-state index contributed by atoms with van der Waals surface area (Å²) in [6, 6.07) is 20.8. The quantitative estimate of drug-likeness (QED) is 0.525. The first-order chi connectivity index (χ1) is 15.0. The average Bonchev–Trinajstić information content (AvgIpc) is 2.81. The molecule has 1 saturated heterocycles. The normalized spacial score (nSPS) is 18.3. The molecule has 3 aromatic carbocycles. The average molecular weight is 439 g/mol. The summed E-state index contributed by atoms with van der Waals surface area (Å²) in [6.07, 6.45) is -1.04. The molecule has 1 fully saturated rings. The Bertz CT molecular complexity index is 1180. The third-order valence-electron chi connectivity index (χ3n) is 5.06. The Morgan fingerprint density at radius 2 is 1.45 bits per heavy atom. The number of sulfonamides is 1. The maximum atomic E-state index is 13.3. The Morgan fingerprint density at radius 3 is 2.06 bits per heavy atom. The van der Waals surface area contributed by atoms with Crippen molar-refractivity contribution in [1.82, 2.24) is 4.31 Å². The zero-order valence-electron chi connectivity index (χ0n) is 17.0. The lowest BCUT2D eigenvalue weighted by Crippen LogP contribution is -2.63. The summed E-state index contributed by atoms with van der Waals surface area (Å²) in [6.45, 7) is 0. The third-order valence-corrected chi connectivity index (χ3v) is 6.85. The van der Waals surface area contributed by atoms with Gasteiger partial charge in [0.15, 0.2) is 11.5 Å². The van der Waals surface area contributed by atoms with Crippen molar-refractivity contribution in [3.63, 3.8) is 0 Å². The number of nitrogens with zero attached hydrogens (tertiary/aromatic N) is 1. The lowest BCUT2D eigenvalue weighted by molar-refractivity contribution is -0.153. The number of benzene rings is 3. The SMILES string of the molecule is COc1cccc(C2C(Oc3ccccc3)C(=O)N2S(=O)(=O)c2ccccc2)c1OC. The molecule has 1 aliphatic heterocycles. The topological polar surface area (TPSA) is 82.1 Å². The number of rotatable bonds is 7. The molecule has 0 aliphatic carbocycles. The van der Waals surface area contributed by atoms with E-state index in [1.165, 1.54) is 26.4 Å². The van der Waals surface area contributed by atoms with Crippen LogP contribution in [0.5, 0.6) is 17.2 Å². The monoisotopic (exact) mass is 439 g/mol. The van der Waals surface area contributed by atoms with E-state index in [1.807, 2.05) is 6.07 Å². The van der Waals surface area contributed by atoms with Gasteiger partial charge in [0.05, 0.1) is 19.1 Å². The maximum Gasteiger partial charge on any atom is 0.280 e. The highest BCUT2D eigenvalue weighted by atomic mass is 32.2. The van der Waals surface area contributed by atoms with Gasteiger partial charge in [0.2, 0.25) is 6.10 Å². The molecule has 0 aromatic heterocycles. The van der Waals surface area contributed by atoms with E-state index in [1.54, 1.807) is 60.7 Å². The molecule has 0 radical (unpaired) electrons. The van der Waals surface area contributed by atoms with Gasteiger partial charge in [-0.15, -0.1) is 0 Å². The second-order valence-electron chi connectivity index (χ2n) is 6.83. The van der Waals surface area contributed by atoms with Crippen molar-refractivity contribution in [3.05, 3.63) is 84.4 Å². The van der Waals surface area contributed by atoms with Gasteiger partial charge in [-0.05, 0) is 30.3 Å². The summed E-state index contributed by atoms with van der Waals surface area (Å²) in [5, 5.41) is 0. The first-order valence-corrected chi connectivity index (χ1v) is 11.0. The van der Waals surface area contributed by atoms with Crippen LogP contribution in [0, 0.1) is 0 Å². The highest BCUT2D eigenvalue weighted by molar-refractivity contribution is 7.89. The van der Waals surface area contributed by atoms with Gasteiger partial charge in [-0.2, -0.15) is 0 Å². The molecule has 0 saturated carbocycles. The summed E-state index contributed by atoms with van der Waals surface area (Å²) in [4.78, 5) is 13.1. The third kappa shape index (κ3) is 3.59. The van der Waals surface area contributed by atoms with Crippen LogP contribution in [0.25, 0.3) is 0 Å². The highest BCUT2D eigenvalue weighted by Gasteiger charge is 2.57. The molecule has 1 aliphatic rings. The minimum Gasteiger partial charge on any atom is -0.493 e.